The second-order valence-electron chi connectivity index (χ2n) is 10.7. The van der Waals surface area contributed by atoms with Crippen LogP contribution >= 0.6 is 0 Å². The smallest absolute Gasteiger partial charge is 0.487 e. The first-order valence-corrected chi connectivity index (χ1v) is 12.1. The van der Waals surface area contributed by atoms with Gasteiger partial charge in [-0.15, -0.1) is 0 Å². The van der Waals surface area contributed by atoms with Crippen LogP contribution in [0.25, 0.3) is 0 Å². The summed E-state index contributed by atoms with van der Waals surface area (Å²) in [6.07, 6.45) is 1.79. The lowest BCUT2D eigenvalue weighted by Gasteiger charge is -2.35. The van der Waals surface area contributed by atoms with Gasteiger partial charge in [0.15, 0.2) is 0 Å². The summed E-state index contributed by atoms with van der Waals surface area (Å²) < 4.78 is 18.4. The molecule has 4 rings (SSSR count). The quantitative estimate of drug-likeness (QED) is 0.413. The summed E-state index contributed by atoms with van der Waals surface area (Å²) in [6.45, 7) is 15.7. The van der Waals surface area contributed by atoms with E-state index in [1.807, 2.05) is 18.2 Å². The van der Waals surface area contributed by atoms with Crippen LogP contribution < -0.4 is 10.2 Å². The number of pyridine rings is 1. The molecule has 1 saturated heterocycles. The minimum atomic E-state index is -0.347. The normalized spacial score (nSPS) is 18.6. The Kier molecular flexibility index (Phi) is 6.63. The molecule has 0 radical (unpaired) electrons. The minimum absolute atomic E-state index is 0.145. The number of benzene rings is 2. The third-order valence-electron chi connectivity index (χ3n) is 7.76. The SMILES string of the molecule is CC(C)C(C)(c1ccc(OCc2ccccn2)cc1)c1ccc(B2OC(C)(C)C(C)(C)O2)cc1. The zero-order valence-electron chi connectivity index (χ0n) is 21.5. The van der Waals surface area contributed by atoms with Gasteiger partial charge in [-0.2, -0.15) is 0 Å². The fourth-order valence-corrected chi connectivity index (χ4v) is 4.34. The molecular weight excluding hydrogens is 421 g/mol. The average molecular weight is 457 g/mol. The van der Waals surface area contributed by atoms with Crippen molar-refractivity contribution in [2.75, 3.05) is 0 Å². The summed E-state index contributed by atoms with van der Waals surface area (Å²) in [5.74, 6) is 1.24. The molecule has 2 aromatic carbocycles. The van der Waals surface area contributed by atoms with Gasteiger partial charge in [-0.05, 0) is 74.5 Å². The molecule has 1 aliphatic rings. The van der Waals surface area contributed by atoms with E-state index in [-0.39, 0.29) is 23.7 Å². The molecule has 0 saturated carbocycles. The highest BCUT2D eigenvalue weighted by Gasteiger charge is 2.51. The Morgan fingerprint density at radius 2 is 1.41 bits per heavy atom. The Labute approximate surface area is 204 Å². The molecule has 0 spiro atoms. The summed E-state index contributed by atoms with van der Waals surface area (Å²) >= 11 is 0. The van der Waals surface area contributed by atoms with E-state index >= 15 is 0 Å². The van der Waals surface area contributed by atoms with Crippen molar-refractivity contribution in [1.29, 1.82) is 0 Å². The summed E-state index contributed by atoms with van der Waals surface area (Å²) in [6, 6.07) is 23.0. The van der Waals surface area contributed by atoms with Crippen LogP contribution in [0.3, 0.4) is 0 Å². The predicted octanol–water partition coefficient (Wildman–Crippen LogP) is 5.92. The van der Waals surface area contributed by atoms with Gasteiger partial charge in [0.05, 0.1) is 16.9 Å². The van der Waals surface area contributed by atoms with Crippen LogP contribution in [-0.2, 0) is 21.3 Å². The molecule has 1 aliphatic heterocycles. The summed E-state index contributed by atoms with van der Waals surface area (Å²) in [5, 5.41) is 0. The van der Waals surface area contributed by atoms with Crippen LogP contribution in [0.5, 0.6) is 5.75 Å². The first-order valence-electron chi connectivity index (χ1n) is 12.1. The number of hydrogen-bond acceptors (Lipinski definition) is 4. The van der Waals surface area contributed by atoms with Crippen molar-refractivity contribution in [2.45, 2.75) is 71.7 Å². The van der Waals surface area contributed by atoms with E-state index in [1.54, 1.807) is 6.20 Å². The third-order valence-corrected chi connectivity index (χ3v) is 7.76. The fraction of sp³-hybridized carbons (Fsp3) is 0.414. The number of aromatic nitrogens is 1. The van der Waals surface area contributed by atoms with Crippen molar-refractivity contribution < 1.29 is 14.0 Å². The monoisotopic (exact) mass is 457 g/mol. The minimum Gasteiger partial charge on any atom is -0.487 e. The van der Waals surface area contributed by atoms with Crippen molar-refractivity contribution in [3.63, 3.8) is 0 Å². The van der Waals surface area contributed by atoms with Crippen LogP contribution in [-0.4, -0.2) is 23.3 Å². The van der Waals surface area contributed by atoms with Gasteiger partial charge in [0, 0.05) is 11.6 Å². The van der Waals surface area contributed by atoms with E-state index < -0.39 is 0 Å². The van der Waals surface area contributed by atoms with Crippen molar-refractivity contribution in [3.05, 3.63) is 89.7 Å². The molecule has 0 N–H and O–H groups in total. The van der Waals surface area contributed by atoms with E-state index in [0.29, 0.717) is 12.5 Å². The predicted molar refractivity (Wildman–Crippen MR) is 138 cm³/mol. The van der Waals surface area contributed by atoms with Crippen LogP contribution in [0.1, 0.15) is 65.3 Å². The van der Waals surface area contributed by atoms with Gasteiger partial charge < -0.3 is 14.0 Å². The molecule has 1 aromatic heterocycles. The summed E-state index contributed by atoms with van der Waals surface area (Å²) in [7, 11) is -0.347. The van der Waals surface area contributed by atoms with E-state index in [0.717, 1.165) is 16.9 Å². The van der Waals surface area contributed by atoms with Gasteiger partial charge in [-0.25, -0.2) is 0 Å². The highest BCUT2D eigenvalue weighted by atomic mass is 16.7. The fourth-order valence-electron chi connectivity index (χ4n) is 4.34. The third kappa shape index (κ3) is 4.64. The van der Waals surface area contributed by atoms with E-state index in [1.165, 1.54) is 11.1 Å². The second kappa shape index (κ2) is 9.20. The van der Waals surface area contributed by atoms with Gasteiger partial charge in [-0.3, -0.25) is 4.98 Å². The molecule has 1 atom stereocenters. The molecule has 3 aromatic rings. The Bertz CT molecular complexity index is 1080. The van der Waals surface area contributed by atoms with Crippen molar-refractivity contribution in [2.24, 2.45) is 5.92 Å². The Morgan fingerprint density at radius 1 is 0.853 bits per heavy atom. The van der Waals surface area contributed by atoms with Crippen molar-refractivity contribution in [3.8, 4) is 5.75 Å². The number of ether oxygens (including phenoxy) is 1. The van der Waals surface area contributed by atoms with E-state index in [2.05, 4.69) is 102 Å². The maximum Gasteiger partial charge on any atom is 0.494 e. The summed E-state index contributed by atoms with van der Waals surface area (Å²) in [5.41, 5.74) is 3.66. The number of rotatable bonds is 7. The van der Waals surface area contributed by atoms with E-state index in [4.69, 9.17) is 14.0 Å². The highest BCUT2D eigenvalue weighted by Crippen LogP contribution is 2.40. The van der Waals surface area contributed by atoms with Crippen LogP contribution in [0.15, 0.2) is 72.9 Å². The standard InChI is InChI=1S/C29H36BNO3/c1-21(2)29(7,23-13-17-26(18-14-23)32-20-25-10-8-9-19-31-25)22-11-15-24(16-12-22)30-33-27(3,4)28(5,6)34-30/h8-19,21H,20H2,1-7H3. The number of nitrogens with zero attached hydrogens (tertiary/aromatic N) is 1. The molecule has 1 fully saturated rings. The Balaban J connectivity index is 1.53. The van der Waals surface area contributed by atoms with Crippen molar-refractivity contribution in [1.82, 2.24) is 4.98 Å². The summed E-state index contributed by atoms with van der Waals surface area (Å²) in [4.78, 5) is 4.32. The molecule has 178 valence electrons. The second-order valence-corrected chi connectivity index (χ2v) is 10.7. The molecule has 4 nitrogen and oxygen atoms in total. The van der Waals surface area contributed by atoms with Crippen LogP contribution in [0.2, 0.25) is 0 Å². The Morgan fingerprint density at radius 3 is 1.91 bits per heavy atom. The first kappa shape index (κ1) is 24.5. The molecular formula is C29H36BNO3. The lowest BCUT2D eigenvalue weighted by Crippen LogP contribution is -2.41. The van der Waals surface area contributed by atoms with Crippen LogP contribution in [0.4, 0.5) is 0 Å². The highest BCUT2D eigenvalue weighted by molar-refractivity contribution is 6.62. The molecule has 0 aliphatic carbocycles. The van der Waals surface area contributed by atoms with Gasteiger partial charge in [0.1, 0.15) is 12.4 Å². The molecule has 0 amide bonds. The zero-order valence-corrected chi connectivity index (χ0v) is 21.5. The van der Waals surface area contributed by atoms with Gasteiger partial charge in [-0.1, -0.05) is 63.2 Å². The van der Waals surface area contributed by atoms with E-state index in [9.17, 15) is 0 Å². The van der Waals surface area contributed by atoms with Gasteiger partial charge >= 0.3 is 7.12 Å². The lowest BCUT2D eigenvalue weighted by atomic mass is 9.67. The largest absolute Gasteiger partial charge is 0.494 e. The molecule has 0 bridgehead atoms. The molecule has 1 unspecified atom stereocenters. The van der Waals surface area contributed by atoms with Gasteiger partial charge in [0.2, 0.25) is 0 Å². The maximum atomic E-state index is 6.24. The number of hydrogen-bond donors (Lipinski definition) is 0. The first-order chi connectivity index (χ1) is 16.0. The van der Waals surface area contributed by atoms with Gasteiger partial charge in [0.25, 0.3) is 0 Å². The average Bonchev–Trinajstić information content (AvgIpc) is 3.05. The molecule has 34 heavy (non-hydrogen) atoms. The lowest BCUT2D eigenvalue weighted by molar-refractivity contribution is 0.00578. The molecule has 5 heteroatoms. The Hall–Kier alpha value is -2.63. The van der Waals surface area contributed by atoms with Crippen molar-refractivity contribution >= 4 is 12.6 Å². The topological polar surface area (TPSA) is 40.6 Å². The maximum absolute atomic E-state index is 6.24. The molecule has 2 heterocycles. The van der Waals surface area contributed by atoms with Crippen LogP contribution in [0, 0.1) is 5.92 Å². The zero-order chi connectivity index (χ0) is 24.6.